The molecule has 1 saturated heterocycles. The monoisotopic (exact) mass is 265 g/mol. The molecule has 1 aliphatic rings. The summed E-state index contributed by atoms with van der Waals surface area (Å²) in [4.78, 5) is 25.1. The van der Waals surface area contributed by atoms with Gasteiger partial charge in [-0.3, -0.25) is 14.3 Å². The molecule has 19 heavy (non-hydrogen) atoms. The van der Waals surface area contributed by atoms with Crippen molar-refractivity contribution >= 4 is 11.9 Å². The summed E-state index contributed by atoms with van der Waals surface area (Å²) in [5.41, 5.74) is 1.34. The van der Waals surface area contributed by atoms with E-state index >= 15 is 0 Å². The number of aromatic nitrogens is 2. The average Bonchev–Trinajstić information content (AvgIpc) is 2.91. The summed E-state index contributed by atoms with van der Waals surface area (Å²) in [7, 11) is 0. The Bertz CT molecular complexity index is 509. The third-order valence-electron chi connectivity index (χ3n) is 3.64. The van der Waals surface area contributed by atoms with E-state index in [1.54, 1.807) is 15.6 Å². The lowest BCUT2D eigenvalue weighted by molar-refractivity contribution is -0.142. The van der Waals surface area contributed by atoms with Crippen molar-refractivity contribution in [1.82, 2.24) is 14.7 Å². The van der Waals surface area contributed by atoms with Crippen LogP contribution >= 0.6 is 0 Å². The molecule has 0 saturated carbocycles. The van der Waals surface area contributed by atoms with Crippen LogP contribution < -0.4 is 0 Å². The lowest BCUT2D eigenvalue weighted by Crippen LogP contribution is -2.31. The Morgan fingerprint density at radius 3 is 2.68 bits per heavy atom. The molecular formula is C13H19N3O3. The molecule has 0 bridgehead atoms. The van der Waals surface area contributed by atoms with Crippen LogP contribution in [0.1, 0.15) is 30.0 Å². The van der Waals surface area contributed by atoms with Crippen LogP contribution in [0.15, 0.2) is 6.07 Å². The summed E-state index contributed by atoms with van der Waals surface area (Å²) in [6.07, 6.45) is 0. The number of nitrogens with zero attached hydrogens (tertiary/aromatic N) is 3. The fourth-order valence-electron chi connectivity index (χ4n) is 2.57. The Morgan fingerprint density at radius 1 is 1.47 bits per heavy atom. The van der Waals surface area contributed by atoms with Crippen LogP contribution in [0.5, 0.6) is 0 Å². The summed E-state index contributed by atoms with van der Waals surface area (Å²) in [5.74, 6) is -1.44. The molecule has 0 radical (unpaired) electrons. The van der Waals surface area contributed by atoms with Gasteiger partial charge in [-0.2, -0.15) is 5.10 Å². The first-order valence-corrected chi connectivity index (χ1v) is 6.50. The van der Waals surface area contributed by atoms with Crippen molar-refractivity contribution in [2.24, 2.45) is 11.8 Å². The summed E-state index contributed by atoms with van der Waals surface area (Å²) >= 11 is 0. The van der Waals surface area contributed by atoms with Gasteiger partial charge in [0.1, 0.15) is 5.69 Å². The fourth-order valence-corrected chi connectivity index (χ4v) is 2.57. The van der Waals surface area contributed by atoms with E-state index < -0.39 is 11.9 Å². The van der Waals surface area contributed by atoms with Crippen LogP contribution in [0.25, 0.3) is 0 Å². The van der Waals surface area contributed by atoms with Crippen LogP contribution in [-0.4, -0.2) is 44.8 Å². The second-order valence-corrected chi connectivity index (χ2v) is 5.12. The maximum Gasteiger partial charge on any atom is 0.308 e. The van der Waals surface area contributed by atoms with Crippen LogP contribution in [0.3, 0.4) is 0 Å². The van der Waals surface area contributed by atoms with Gasteiger partial charge in [0.25, 0.3) is 5.91 Å². The highest BCUT2D eigenvalue weighted by Crippen LogP contribution is 2.24. The molecular weight excluding hydrogens is 246 g/mol. The number of carbonyl (C=O) groups excluding carboxylic acids is 1. The second kappa shape index (κ2) is 5.03. The van der Waals surface area contributed by atoms with Gasteiger partial charge in [-0.1, -0.05) is 6.92 Å². The fraction of sp³-hybridized carbons (Fsp3) is 0.615. The summed E-state index contributed by atoms with van der Waals surface area (Å²) in [6.45, 7) is 7.04. The van der Waals surface area contributed by atoms with E-state index in [9.17, 15) is 9.59 Å². The first-order chi connectivity index (χ1) is 8.93. The third-order valence-corrected chi connectivity index (χ3v) is 3.64. The largest absolute Gasteiger partial charge is 0.481 e. The third kappa shape index (κ3) is 2.47. The minimum Gasteiger partial charge on any atom is -0.481 e. The Kier molecular flexibility index (Phi) is 3.59. The van der Waals surface area contributed by atoms with E-state index in [1.165, 1.54) is 0 Å². The minimum atomic E-state index is -0.831. The SMILES string of the molecule is CCn1nc(C)cc1C(=O)N1CC(C)C(C(=O)O)C1. The average molecular weight is 265 g/mol. The Hall–Kier alpha value is -1.85. The quantitative estimate of drug-likeness (QED) is 0.884. The topological polar surface area (TPSA) is 75.4 Å². The van der Waals surface area contributed by atoms with Crippen LogP contribution in [0.2, 0.25) is 0 Å². The number of rotatable bonds is 3. The summed E-state index contributed by atoms with van der Waals surface area (Å²) < 4.78 is 1.66. The van der Waals surface area contributed by atoms with E-state index in [0.29, 0.717) is 18.8 Å². The highest BCUT2D eigenvalue weighted by atomic mass is 16.4. The van der Waals surface area contributed by atoms with Gasteiger partial charge in [0.2, 0.25) is 0 Å². The van der Waals surface area contributed by atoms with Gasteiger partial charge in [0.15, 0.2) is 0 Å². The molecule has 6 nitrogen and oxygen atoms in total. The zero-order chi connectivity index (χ0) is 14.2. The van der Waals surface area contributed by atoms with E-state index in [-0.39, 0.29) is 18.4 Å². The number of carbonyl (C=O) groups is 2. The highest BCUT2D eigenvalue weighted by Gasteiger charge is 2.37. The Balaban J connectivity index is 2.19. The normalized spacial score (nSPS) is 22.8. The molecule has 0 aromatic carbocycles. The van der Waals surface area contributed by atoms with Gasteiger partial charge in [-0.25, -0.2) is 0 Å². The molecule has 6 heteroatoms. The van der Waals surface area contributed by atoms with Crippen molar-refractivity contribution in [2.45, 2.75) is 27.3 Å². The molecule has 1 aromatic heterocycles. The van der Waals surface area contributed by atoms with Crippen molar-refractivity contribution in [3.63, 3.8) is 0 Å². The standard InChI is InChI=1S/C13H19N3O3/c1-4-16-11(5-9(3)14-16)12(17)15-6-8(2)10(7-15)13(18)19/h5,8,10H,4,6-7H2,1-3H3,(H,18,19). The molecule has 1 aliphatic heterocycles. The van der Waals surface area contributed by atoms with Crippen LogP contribution in [-0.2, 0) is 11.3 Å². The van der Waals surface area contributed by atoms with Crippen molar-refractivity contribution in [1.29, 1.82) is 0 Å². The minimum absolute atomic E-state index is 0.0134. The molecule has 0 spiro atoms. The maximum atomic E-state index is 12.4. The van der Waals surface area contributed by atoms with E-state index in [0.717, 1.165) is 5.69 Å². The number of amides is 1. The summed E-state index contributed by atoms with van der Waals surface area (Å²) in [5, 5.41) is 13.4. The van der Waals surface area contributed by atoms with Crippen molar-refractivity contribution in [3.8, 4) is 0 Å². The number of carboxylic acids is 1. The van der Waals surface area contributed by atoms with E-state index in [4.69, 9.17) is 5.11 Å². The molecule has 0 aliphatic carbocycles. The number of carboxylic acid groups (broad SMARTS) is 1. The van der Waals surface area contributed by atoms with Gasteiger partial charge in [0, 0.05) is 19.6 Å². The zero-order valence-corrected chi connectivity index (χ0v) is 11.5. The van der Waals surface area contributed by atoms with Crippen molar-refractivity contribution in [2.75, 3.05) is 13.1 Å². The second-order valence-electron chi connectivity index (χ2n) is 5.12. The van der Waals surface area contributed by atoms with E-state index in [2.05, 4.69) is 5.10 Å². The van der Waals surface area contributed by atoms with Crippen molar-refractivity contribution < 1.29 is 14.7 Å². The van der Waals surface area contributed by atoms with Gasteiger partial charge < -0.3 is 10.0 Å². The van der Waals surface area contributed by atoms with Gasteiger partial charge in [-0.05, 0) is 25.8 Å². The first kappa shape index (κ1) is 13.6. The number of likely N-dealkylation sites (tertiary alicyclic amines) is 1. The number of aliphatic carboxylic acids is 1. The predicted molar refractivity (Wildman–Crippen MR) is 68.8 cm³/mol. The number of aryl methyl sites for hydroxylation is 2. The predicted octanol–water partition coefficient (Wildman–Crippen LogP) is 1.00. The molecule has 1 aromatic rings. The Labute approximate surface area is 112 Å². The zero-order valence-electron chi connectivity index (χ0n) is 11.5. The molecule has 104 valence electrons. The van der Waals surface area contributed by atoms with Gasteiger partial charge in [0.05, 0.1) is 11.6 Å². The van der Waals surface area contributed by atoms with Crippen LogP contribution in [0.4, 0.5) is 0 Å². The highest BCUT2D eigenvalue weighted by molar-refractivity contribution is 5.93. The molecule has 2 rings (SSSR count). The maximum absolute atomic E-state index is 12.4. The van der Waals surface area contributed by atoms with E-state index in [1.807, 2.05) is 20.8 Å². The molecule has 2 atom stereocenters. The summed E-state index contributed by atoms with van der Waals surface area (Å²) in [6, 6.07) is 1.75. The molecule has 2 heterocycles. The number of hydrogen-bond donors (Lipinski definition) is 1. The molecule has 1 fully saturated rings. The molecule has 2 unspecified atom stereocenters. The van der Waals surface area contributed by atoms with Crippen molar-refractivity contribution in [3.05, 3.63) is 17.5 Å². The number of hydrogen-bond acceptors (Lipinski definition) is 3. The lowest BCUT2D eigenvalue weighted by Gasteiger charge is -2.16. The molecule has 1 N–H and O–H groups in total. The van der Waals surface area contributed by atoms with Crippen LogP contribution in [0, 0.1) is 18.8 Å². The first-order valence-electron chi connectivity index (χ1n) is 6.50. The smallest absolute Gasteiger partial charge is 0.308 e. The lowest BCUT2D eigenvalue weighted by atomic mass is 9.99. The Morgan fingerprint density at radius 2 is 2.16 bits per heavy atom. The van der Waals surface area contributed by atoms with Gasteiger partial charge >= 0.3 is 5.97 Å². The molecule has 1 amide bonds. The van der Waals surface area contributed by atoms with Gasteiger partial charge in [-0.15, -0.1) is 0 Å².